The molecule has 0 saturated carbocycles. The van der Waals surface area contributed by atoms with Crippen molar-refractivity contribution in [2.24, 2.45) is 0 Å². The summed E-state index contributed by atoms with van der Waals surface area (Å²) in [7, 11) is 0. The fraction of sp³-hybridized carbons (Fsp3) is 0.160. The Morgan fingerprint density at radius 1 is 0.828 bits per heavy atom. The highest BCUT2D eigenvalue weighted by atomic mass is 16.7. The lowest BCUT2D eigenvalue weighted by Crippen LogP contribution is -2.13. The summed E-state index contributed by atoms with van der Waals surface area (Å²) in [6.07, 6.45) is 4.57. The summed E-state index contributed by atoms with van der Waals surface area (Å²) in [4.78, 5) is 12.6. The number of ether oxygens (including phenoxy) is 3. The van der Waals surface area contributed by atoms with Crippen LogP contribution in [0.4, 0.5) is 0 Å². The van der Waals surface area contributed by atoms with Gasteiger partial charge >= 0.3 is 5.97 Å². The Morgan fingerprint density at radius 2 is 1.52 bits per heavy atom. The van der Waals surface area contributed by atoms with E-state index in [2.05, 4.69) is 36.4 Å². The van der Waals surface area contributed by atoms with Crippen LogP contribution in [0.3, 0.4) is 0 Å². The van der Waals surface area contributed by atoms with Crippen LogP contribution in [-0.2, 0) is 4.79 Å². The zero-order valence-corrected chi connectivity index (χ0v) is 15.8. The molecule has 0 radical (unpaired) electrons. The van der Waals surface area contributed by atoms with E-state index in [9.17, 15) is 4.79 Å². The fourth-order valence-corrected chi connectivity index (χ4v) is 4.02. The highest BCUT2D eigenvalue weighted by Gasteiger charge is 2.34. The minimum Gasteiger partial charge on any atom is -0.454 e. The molecule has 0 aromatic heterocycles. The molecule has 0 N–H and O–H groups in total. The minimum atomic E-state index is -0.241. The second kappa shape index (κ2) is 7.47. The molecule has 0 fully saturated rings. The predicted molar refractivity (Wildman–Crippen MR) is 110 cm³/mol. The number of carbonyl (C=O) groups excluding carboxylic acids is 1. The average Bonchev–Trinajstić information content (AvgIpc) is 3.16. The number of fused-ring (bicyclic) bond motifs is 2. The van der Waals surface area contributed by atoms with Crippen molar-refractivity contribution in [3.63, 3.8) is 0 Å². The number of esters is 1. The third-order valence-electron chi connectivity index (χ3n) is 5.43. The van der Waals surface area contributed by atoms with E-state index in [0.717, 1.165) is 16.7 Å². The number of allylic oxidation sites excluding steroid dienone is 1. The molecule has 3 aromatic carbocycles. The van der Waals surface area contributed by atoms with Gasteiger partial charge in [0.1, 0.15) is 5.75 Å². The first-order valence-electron chi connectivity index (χ1n) is 9.70. The van der Waals surface area contributed by atoms with Gasteiger partial charge in [-0.2, -0.15) is 0 Å². The Balaban J connectivity index is 1.64. The molecule has 2 atom stereocenters. The first kappa shape index (κ1) is 17.6. The largest absolute Gasteiger partial charge is 0.454 e. The second-order valence-corrected chi connectivity index (χ2v) is 7.23. The number of carbonyl (C=O) groups is 1. The molecule has 0 aliphatic carbocycles. The highest BCUT2D eigenvalue weighted by molar-refractivity contribution is 5.77. The number of benzene rings is 3. The van der Waals surface area contributed by atoms with Crippen LogP contribution in [0.1, 0.15) is 34.9 Å². The van der Waals surface area contributed by atoms with Crippen molar-refractivity contribution < 1.29 is 19.0 Å². The molecule has 2 heterocycles. The van der Waals surface area contributed by atoms with Crippen LogP contribution in [0, 0.1) is 0 Å². The second-order valence-electron chi connectivity index (χ2n) is 7.23. The average molecular weight is 384 g/mol. The van der Waals surface area contributed by atoms with Gasteiger partial charge in [-0.25, -0.2) is 0 Å². The number of hydrogen-bond donors (Lipinski definition) is 0. The zero-order chi connectivity index (χ0) is 19.6. The molecule has 4 nitrogen and oxygen atoms in total. The Bertz CT molecular complexity index is 1060. The first-order chi connectivity index (χ1) is 14.3. The molecule has 5 rings (SSSR count). The van der Waals surface area contributed by atoms with Crippen molar-refractivity contribution in [1.29, 1.82) is 0 Å². The minimum absolute atomic E-state index is 0.0368. The molecule has 2 aliphatic heterocycles. The van der Waals surface area contributed by atoms with E-state index in [1.165, 1.54) is 0 Å². The summed E-state index contributed by atoms with van der Waals surface area (Å²) in [6, 6.07) is 24.0. The summed E-state index contributed by atoms with van der Waals surface area (Å²) in [5, 5.41) is 0. The van der Waals surface area contributed by atoms with E-state index >= 15 is 0 Å². The Morgan fingerprint density at radius 3 is 2.28 bits per heavy atom. The normalized spacial score (nSPS) is 20.2. The maximum Gasteiger partial charge on any atom is 0.311 e. The quantitative estimate of drug-likeness (QED) is 0.454. The lowest BCUT2D eigenvalue weighted by molar-refractivity contribution is -0.134. The number of rotatable bonds is 3. The van der Waals surface area contributed by atoms with E-state index in [-0.39, 0.29) is 24.6 Å². The molecule has 0 unspecified atom stereocenters. The Hall–Kier alpha value is -3.53. The fourth-order valence-electron chi connectivity index (χ4n) is 4.02. The van der Waals surface area contributed by atoms with Crippen LogP contribution in [-0.4, -0.2) is 12.8 Å². The molecule has 0 spiro atoms. The van der Waals surface area contributed by atoms with Gasteiger partial charge in [0.25, 0.3) is 0 Å². The van der Waals surface area contributed by atoms with Gasteiger partial charge in [-0.15, -0.1) is 0 Å². The SMILES string of the molecule is O=C1C[C@@H](c2ccccc2)[C@@H](/C=C/c2ccccc2)c2cc3c(cc2O1)OCO3. The highest BCUT2D eigenvalue weighted by Crippen LogP contribution is 2.48. The summed E-state index contributed by atoms with van der Waals surface area (Å²) < 4.78 is 16.8. The Kier molecular flexibility index (Phi) is 4.53. The molecule has 0 bridgehead atoms. The molecular formula is C25H20O4. The van der Waals surface area contributed by atoms with Gasteiger partial charge in [-0.05, 0) is 17.2 Å². The Labute approximate surface area is 169 Å². The molecule has 2 aliphatic rings. The maximum absolute atomic E-state index is 12.6. The monoisotopic (exact) mass is 384 g/mol. The van der Waals surface area contributed by atoms with Crippen molar-refractivity contribution >= 4 is 12.0 Å². The van der Waals surface area contributed by atoms with E-state index in [1.54, 1.807) is 6.07 Å². The summed E-state index contributed by atoms with van der Waals surface area (Å²) in [5.41, 5.74) is 3.15. The van der Waals surface area contributed by atoms with Crippen LogP contribution in [0.5, 0.6) is 17.2 Å². The summed E-state index contributed by atoms with van der Waals surface area (Å²) >= 11 is 0. The zero-order valence-electron chi connectivity index (χ0n) is 15.8. The molecule has 144 valence electrons. The summed E-state index contributed by atoms with van der Waals surface area (Å²) in [6.45, 7) is 0.179. The van der Waals surface area contributed by atoms with Gasteiger partial charge in [-0.1, -0.05) is 72.8 Å². The molecule has 3 aromatic rings. The van der Waals surface area contributed by atoms with Crippen LogP contribution < -0.4 is 14.2 Å². The molecule has 4 heteroatoms. The van der Waals surface area contributed by atoms with Gasteiger partial charge in [0.15, 0.2) is 11.5 Å². The predicted octanol–water partition coefficient (Wildman–Crippen LogP) is 5.31. The van der Waals surface area contributed by atoms with Gasteiger partial charge < -0.3 is 14.2 Å². The van der Waals surface area contributed by atoms with E-state index in [1.807, 2.05) is 42.5 Å². The third-order valence-corrected chi connectivity index (χ3v) is 5.43. The standard InChI is InChI=1S/C25H20O4/c26-25-14-20(18-9-5-2-6-10-18)19(12-11-17-7-3-1-4-8-17)21-13-23-24(28-16-27-23)15-22(21)29-25/h1-13,15,19-20H,14,16H2/b12-11+/t19-,20+/m1/s1. The van der Waals surface area contributed by atoms with Crippen molar-refractivity contribution in [2.75, 3.05) is 6.79 Å². The first-order valence-corrected chi connectivity index (χ1v) is 9.70. The topological polar surface area (TPSA) is 44.8 Å². The van der Waals surface area contributed by atoms with Crippen LogP contribution >= 0.6 is 0 Å². The summed E-state index contributed by atoms with van der Waals surface area (Å²) in [5.74, 6) is 1.51. The van der Waals surface area contributed by atoms with Crippen molar-refractivity contribution in [3.05, 3.63) is 95.6 Å². The van der Waals surface area contributed by atoms with E-state index in [4.69, 9.17) is 14.2 Å². The van der Waals surface area contributed by atoms with Gasteiger partial charge in [0.2, 0.25) is 6.79 Å². The van der Waals surface area contributed by atoms with Gasteiger partial charge in [0, 0.05) is 23.5 Å². The van der Waals surface area contributed by atoms with Crippen molar-refractivity contribution in [3.8, 4) is 17.2 Å². The van der Waals surface area contributed by atoms with Gasteiger partial charge in [0.05, 0.1) is 6.42 Å². The molecule has 0 amide bonds. The number of hydrogen-bond acceptors (Lipinski definition) is 4. The third kappa shape index (κ3) is 3.49. The van der Waals surface area contributed by atoms with E-state index in [0.29, 0.717) is 23.7 Å². The lowest BCUT2D eigenvalue weighted by Gasteiger charge is -2.23. The van der Waals surface area contributed by atoms with Crippen molar-refractivity contribution in [1.82, 2.24) is 0 Å². The maximum atomic E-state index is 12.6. The van der Waals surface area contributed by atoms with E-state index < -0.39 is 0 Å². The van der Waals surface area contributed by atoms with Gasteiger partial charge in [-0.3, -0.25) is 4.79 Å². The molecular weight excluding hydrogens is 364 g/mol. The van der Waals surface area contributed by atoms with Crippen LogP contribution in [0.15, 0.2) is 78.9 Å². The smallest absolute Gasteiger partial charge is 0.311 e. The van der Waals surface area contributed by atoms with Crippen LogP contribution in [0.25, 0.3) is 6.08 Å². The van der Waals surface area contributed by atoms with Crippen LogP contribution in [0.2, 0.25) is 0 Å². The van der Waals surface area contributed by atoms with Crippen molar-refractivity contribution in [2.45, 2.75) is 18.3 Å². The molecule has 0 saturated heterocycles. The lowest BCUT2D eigenvalue weighted by atomic mass is 9.79. The molecule has 29 heavy (non-hydrogen) atoms.